The highest BCUT2D eigenvalue weighted by atomic mass is 16.6. The number of hydrogen-bond acceptors (Lipinski definition) is 8. The fraction of sp³-hybridized carbons (Fsp3) is 0.233. The number of ether oxygens (including phenoxy) is 3. The first-order valence-corrected chi connectivity index (χ1v) is 12.8. The molecule has 0 aromatic heterocycles. The standard InChI is InChI=1S/C30H29N3O8/c1-21(34)26(27(35)32-25(20-41-29(32)37)17-22-11-5-2-6-12-22)33(30(38)40-19-24-15-9-4-10-16-24)31-28(36)39-18-23-13-7-3-8-14-23/h2-16,25-26H,17-20H2,1H3,(H,31,36)/t25-,26-/m0/s1. The number of hydrazine groups is 1. The third kappa shape index (κ3) is 7.69. The van der Waals surface area contributed by atoms with E-state index in [9.17, 15) is 24.0 Å². The fourth-order valence-corrected chi connectivity index (χ4v) is 4.22. The lowest BCUT2D eigenvalue weighted by Gasteiger charge is -2.31. The summed E-state index contributed by atoms with van der Waals surface area (Å²) in [4.78, 5) is 66.0. The molecular formula is C30H29N3O8. The summed E-state index contributed by atoms with van der Waals surface area (Å²) >= 11 is 0. The average Bonchev–Trinajstić information content (AvgIpc) is 3.35. The molecule has 3 aromatic carbocycles. The van der Waals surface area contributed by atoms with Crippen LogP contribution in [0.3, 0.4) is 0 Å². The molecule has 0 bridgehead atoms. The zero-order valence-corrected chi connectivity index (χ0v) is 22.3. The topological polar surface area (TPSA) is 132 Å². The molecule has 41 heavy (non-hydrogen) atoms. The van der Waals surface area contributed by atoms with E-state index in [1.54, 1.807) is 60.7 Å². The van der Waals surface area contributed by atoms with E-state index in [1.165, 1.54) is 0 Å². The molecule has 1 N–H and O–H groups in total. The van der Waals surface area contributed by atoms with Crippen molar-refractivity contribution in [1.82, 2.24) is 15.3 Å². The maximum Gasteiger partial charge on any atom is 0.430 e. The summed E-state index contributed by atoms with van der Waals surface area (Å²) in [6.45, 7) is 0.605. The molecule has 2 atom stereocenters. The van der Waals surface area contributed by atoms with Gasteiger partial charge in [0, 0.05) is 0 Å². The van der Waals surface area contributed by atoms with E-state index in [0.717, 1.165) is 17.4 Å². The SMILES string of the molecule is CC(=O)[C@@H](C(=O)N1C(=O)OC[C@@H]1Cc1ccccc1)N(NC(=O)OCc1ccccc1)C(=O)OCc1ccccc1. The minimum Gasteiger partial charge on any atom is -0.447 e. The van der Waals surface area contributed by atoms with Crippen LogP contribution in [0.4, 0.5) is 14.4 Å². The van der Waals surface area contributed by atoms with Crippen molar-refractivity contribution in [2.24, 2.45) is 0 Å². The van der Waals surface area contributed by atoms with Crippen LogP contribution in [0.1, 0.15) is 23.6 Å². The molecule has 0 radical (unpaired) electrons. The highest BCUT2D eigenvalue weighted by Crippen LogP contribution is 2.21. The van der Waals surface area contributed by atoms with Gasteiger partial charge in [0.05, 0.1) is 6.04 Å². The number of Topliss-reactive ketones (excluding diaryl/α,β-unsaturated/α-hetero) is 1. The van der Waals surface area contributed by atoms with Crippen molar-refractivity contribution in [1.29, 1.82) is 0 Å². The summed E-state index contributed by atoms with van der Waals surface area (Å²) in [7, 11) is 0. The molecule has 11 nitrogen and oxygen atoms in total. The van der Waals surface area contributed by atoms with Crippen LogP contribution in [0.25, 0.3) is 0 Å². The molecule has 3 aromatic rings. The molecule has 0 unspecified atom stereocenters. The maximum absolute atomic E-state index is 13.7. The summed E-state index contributed by atoms with van der Waals surface area (Å²) in [5.41, 5.74) is 4.29. The molecule has 1 heterocycles. The minimum atomic E-state index is -1.94. The molecule has 1 fully saturated rings. The van der Waals surface area contributed by atoms with E-state index in [-0.39, 0.29) is 26.2 Å². The van der Waals surface area contributed by atoms with E-state index in [1.807, 2.05) is 30.3 Å². The van der Waals surface area contributed by atoms with Gasteiger partial charge in [0.15, 0.2) is 11.8 Å². The first-order valence-electron chi connectivity index (χ1n) is 12.8. The molecular weight excluding hydrogens is 530 g/mol. The van der Waals surface area contributed by atoms with E-state index >= 15 is 0 Å². The molecule has 212 valence electrons. The number of carbonyl (C=O) groups excluding carboxylic acids is 5. The third-order valence-electron chi connectivity index (χ3n) is 6.22. The Hall–Kier alpha value is -5.19. The molecule has 0 aliphatic carbocycles. The van der Waals surface area contributed by atoms with E-state index < -0.39 is 42.1 Å². The van der Waals surface area contributed by atoms with Crippen LogP contribution in [0.2, 0.25) is 0 Å². The maximum atomic E-state index is 13.7. The van der Waals surface area contributed by atoms with Gasteiger partial charge in [-0.15, -0.1) is 0 Å². The van der Waals surface area contributed by atoms with Crippen molar-refractivity contribution in [3.05, 3.63) is 108 Å². The number of carbonyl (C=O) groups is 5. The smallest absolute Gasteiger partial charge is 0.430 e. The molecule has 4 rings (SSSR count). The summed E-state index contributed by atoms with van der Waals surface area (Å²) in [5.74, 6) is -1.88. The zero-order chi connectivity index (χ0) is 29.2. The van der Waals surface area contributed by atoms with Crippen LogP contribution in [0, 0.1) is 0 Å². The van der Waals surface area contributed by atoms with Gasteiger partial charge in [0.25, 0.3) is 5.91 Å². The normalized spacial score (nSPS) is 14.9. The third-order valence-corrected chi connectivity index (χ3v) is 6.22. The summed E-state index contributed by atoms with van der Waals surface area (Å²) in [6, 6.07) is 23.9. The second-order valence-corrected chi connectivity index (χ2v) is 9.23. The Balaban J connectivity index is 1.56. The van der Waals surface area contributed by atoms with E-state index in [4.69, 9.17) is 14.2 Å². The van der Waals surface area contributed by atoms with Crippen molar-refractivity contribution >= 4 is 30.0 Å². The lowest BCUT2D eigenvalue weighted by Crippen LogP contribution is -2.61. The number of ketones is 1. The van der Waals surface area contributed by atoms with Crippen molar-refractivity contribution < 1.29 is 38.2 Å². The largest absolute Gasteiger partial charge is 0.447 e. The average molecular weight is 560 g/mol. The number of cyclic esters (lactones) is 1. The van der Waals surface area contributed by atoms with Gasteiger partial charge in [0.2, 0.25) is 0 Å². The van der Waals surface area contributed by atoms with Crippen LogP contribution in [-0.2, 0) is 43.4 Å². The van der Waals surface area contributed by atoms with Crippen molar-refractivity contribution in [3.63, 3.8) is 0 Å². The fourth-order valence-electron chi connectivity index (χ4n) is 4.22. The van der Waals surface area contributed by atoms with Gasteiger partial charge in [-0.1, -0.05) is 91.0 Å². The number of hydrogen-bond donors (Lipinski definition) is 1. The van der Waals surface area contributed by atoms with Crippen LogP contribution >= 0.6 is 0 Å². The van der Waals surface area contributed by atoms with Crippen molar-refractivity contribution in [2.45, 2.75) is 38.6 Å². The second kappa shape index (κ2) is 13.7. The summed E-state index contributed by atoms with van der Waals surface area (Å²) in [6.07, 6.45) is -3.03. The van der Waals surface area contributed by atoms with Crippen LogP contribution in [-0.4, -0.2) is 58.6 Å². The van der Waals surface area contributed by atoms with Crippen LogP contribution in [0.5, 0.6) is 0 Å². The van der Waals surface area contributed by atoms with Gasteiger partial charge in [-0.2, -0.15) is 5.01 Å². The highest BCUT2D eigenvalue weighted by Gasteiger charge is 2.46. The Bertz CT molecular complexity index is 1370. The molecule has 1 aliphatic rings. The van der Waals surface area contributed by atoms with Gasteiger partial charge in [-0.05, 0) is 30.0 Å². The number of amides is 4. The number of nitrogens with zero attached hydrogens (tertiary/aromatic N) is 2. The molecule has 1 saturated heterocycles. The van der Waals surface area contributed by atoms with Gasteiger partial charge < -0.3 is 14.2 Å². The molecule has 1 aliphatic heterocycles. The van der Waals surface area contributed by atoms with E-state index in [0.29, 0.717) is 16.1 Å². The quantitative estimate of drug-likeness (QED) is 0.236. The predicted molar refractivity (Wildman–Crippen MR) is 145 cm³/mol. The van der Waals surface area contributed by atoms with E-state index in [2.05, 4.69) is 5.43 Å². The highest BCUT2D eigenvalue weighted by molar-refractivity contribution is 6.10. The Kier molecular flexibility index (Phi) is 9.66. The molecule has 11 heteroatoms. The van der Waals surface area contributed by atoms with Crippen molar-refractivity contribution in [3.8, 4) is 0 Å². The summed E-state index contributed by atoms with van der Waals surface area (Å²) < 4.78 is 15.6. The Morgan fingerprint density at radius 1 is 0.854 bits per heavy atom. The number of nitrogens with one attached hydrogen (secondary N) is 1. The molecule has 4 amide bonds. The van der Waals surface area contributed by atoms with Gasteiger partial charge in [0.1, 0.15) is 19.8 Å². The monoisotopic (exact) mass is 559 g/mol. The Morgan fingerprint density at radius 2 is 1.37 bits per heavy atom. The second-order valence-electron chi connectivity index (χ2n) is 9.23. The Morgan fingerprint density at radius 3 is 1.90 bits per heavy atom. The minimum absolute atomic E-state index is 0.102. The molecule has 0 spiro atoms. The Labute approximate surface area is 236 Å². The van der Waals surface area contributed by atoms with Crippen LogP contribution < -0.4 is 5.43 Å². The predicted octanol–water partition coefficient (Wildman–Crippen LogP) is 4.01. The van der Waals surface area contributed by atoms with Crippen molar-refractivity contribution in [2.75, 3.05) is 6.61 Å². The lowest BCUT2D eigenvalue weighted by molar-refractivity contribution is -0.141. The lowest BCUT2D eigenvalue weighted by atomic mass is 10.0. The number of rotatable bonds is 9. The molecule has 0 saturated carbocycles. The first-order chi connectivity index (χ1) is 19.8. The zero-order valence-electron chi connectivity index (χ0n) is 22.3. The van der Waals surface area contributed by atoms with Crippen LogP contribution in [0.15, 0.2) is 91.0 Å². The van der Waals surface area contributed by atoms with Gasteiger partial charge >= 0.3 is 18.3 Å². The van der Waals surface area contributed by atoms with Gasteiger partial charge in [-0.25, -0.2) is 24.7 Å². The van der Waals surface area contributed by atoms with Gasteiger partial charge in [-0.3, -0.25) is 9.59 Å². The number of benzene rings is 3. The first kappa shape index (κ1) is 28.8. The summed E-state index contributed by atoms with van der Waals surface area (Å²) in [5, 5.41) is 0.451. The number of imide groups is 1.